The molecular formula is C17H33Cl2N3O. The van der Waals surface area contributed by atoms with E-state index in [1.165, 1.54) is 19.3 Å². The van der Waals surface area contributed by atoms with Crippen LogP contribution in [0.2, 0.25) is 0 Å². The Morgan fingerprint density at radius 1 is 1.00 bits per heavy atom. The average Bonchev–Trinajstić information content (AvgIpc) is 2.46. The largest absolute Gasteiger partial charge is 0.340 e. The lowest BCUT2D eigenvalue weighted by molar-refractivity contribution is -0.140. The molecular weight excluding hydrogens is 333 g/mol. The lowest BCUT2D eigenvalue weighted by Crippen LogP contribution is -2.54. The van der Waals surface area contributed by atoms with E-state index in [-0.39, 0.29) is 30.7 Å². The molecule has 2 N–H and O–H groups in total. The molecule has 2 unspecified atom stereocenters. The maximum Gasteiger partial charge on any atom is 0.225 e. The van der Waals surface area contributed by atoms with Gasteiger partial charge in [0.2, 0.25) is 5.91 Å². The van der Waals surface area contributed by atoms with Crippen LogP contribution in [0.25, 0.3) is 0 Å². The summed E-state index contributed by atoms with van der Waals surface area (Å²) in [5.41, 5.74) is 6.35. The third kappa shape index (κ3) is 4.53. The molecule has 23 heavy (non-hydrogen) atoms. The molecule has 1 amide bonds. The van der Waals surface area contributed by atoms with Crippen LogP contribution in [0, 0.1) is 17.8 Å². The molecule has 1 saturated heterocycles. The van der Waals surface area contributed by atoms with Gasteiger partial charge in [-0.3, -0.25) is 9.69 Å². The van der Waals surface area contributed by atoms with Gasteiger partial charge in [-0.1, -0.05) is 6.42 Å². The van der Waals surface area contributed by atoms with Gasteiger partial charge in [-0.25, -0.2) is 0 Å². The Balaban J connectivity index is 0.00000132. The Bertz CT molecular complexity index is 372. The van der Waals surface area contributed by atoms with Gasteiger partial charge in [0, 0.05) is 44.2 Å². The number of hydrogen-bond donors (Lipinski definition) is 1. The van der Waals surface area contributed by atoms with Gasteiger partial charge in [0.25, 0.3) is 0 Å². The first kappa shape index (κ1) is 21.0. The third-order valence-electron chi connectivity index (χ3n) is 6.12. The van der Waals surface area contributed by atoms with Crippen molar-refractivity contribution in [3.63, 3.8) is 0 Å². The number of nitrogens with two attached hydrogens (primary N) is 1. The highest BCUT2D eigenvalue weighted by Gasteiger charge is 2.41. The van der Waals surface area contributed by atoms with Crippen molar-refractivity contribution in [3.8, 4) is 0 Å². The molecule has 3 fully saturated rings. The van der Waals surface area contributed by atoms with Crippen molar-refractivity contribution in [2.75, 3.05) is 26.2 Å². The first-order valence-electron chi connectivity index (χ1n) is 8.84. The van der Waals surface area contributed by atoms with Crippen LogP contribution in [0.3, 0.4) is 0 Å². The van der Waals surface area contributed by atoms with Crippen molar-refractivity contribution < 1.29 is 4.79 Å². The molecule has 4 nitrogen and oxygen atoms in total. The highest BCUT2D eigenvalue weighted by molar-refractivity contribution is 5.85. The summed E-state index contributed by atoms with van der Waals surface area (Å²) in [5, 5.41) is 0. The number of fused-ring (bicyclic) bond motifs is 2. The van der Waals surface area contributed by atoms with E-state index in [2.05, 4.69) is 23.6 Å². The molecule has 0 spiro atoms. The summed E-state index contributed by atoms with van der Waals surface area (Å²) in [7, 11) is 0. The van der Waals surface area contributed by atoms with Crippen LogP contribution >= 0.6 is 24.8 Å². The molecule has 2 saturated carbocycles. The summed E-state index contributed by atoms with van der Waals surface area (Å²) in [6.45, 7) is 8.36. The molecule has 1 heterocycles. The molecule has 3 rings (SSSR count). The minimum Gasteiger partial charge on any atom is -0.340 e. The summed E-state index contributed by atoms with van der Waals surface area (Å²) in [6.07, 6.45) is 5.88. The predicted octanol–water partition coefficient (Wildman–Crippen LogP) is 2.54. The van der Waals surface area contributed by atoms with Gasteiger partial charge in [-0.15, -0.1) is 24.8 Å². The first-order valence-corrected chi connectivity index (χ1v) is 8.84. The van der Waals surface area contributed by atoms with Crippen molar-refractivity contribution in [2.24, 2.45) is 23.5 Å². The SMILES string of the molecule is CC(C)N1CCN(C(=O)C2CC3CCCC(C2)C3N)CC1.Cl.Cl. The van der Waals surface area contributed by atoms with Gasteiger partial charge in [0.15, 0.2) is 0 Å². The maximum absolute atomic E-state index is 12.8. The Morgan fingerprint density at radius 2 is 1.52 bits per heavy atom. The number of carbonyl (C=O) groups is 1. The molecule has 2 aliphatic carbocycles. The molecule has 2 atom stereocenters. The van der Waals surface area contributed by atoms with Crippen LogP contribution in [0.1, 0.15) is 46.0 Å². The van der Waals surface area contributed by atoms with E-state index in [0.717, 1.165) is 39.0 Å². The van der Waals surface area contributed by atoms with E-state index < -0.39 is 0 Å². The van der Waals surface area contributed by atoms with E-state index in [4.69, 9.17) is 5.73 Å². The Kier molecular flexibility index (Phi) is 8.12. The van der Waals surface area contributed by atoms with Gasteiger partial charge in [-0.05, 0) is 51.4 Å². The average molecular weight is 366 g/mol. The van der Waals surface area contributed by atoms with Gasteiger partial charge >= 0.3 is 0 Å². The Hall–Kier alpha value is -0.0300. The van der Waals surface area contributed by atoms with E-state index in [1.807, 2.05) is 0 Å². The normalized spacial score (nSPS) is 34.5. The molecule has 0 aromatic rings. The third-order valence-corrected chi connectivity index (χ3v) is 6.12. The number of nitrogens with zero attached hydrogens (tertiary/aromatic N) is 2. The fourth-order valence-electron chi connectivity index (χ4n) is 4.71. The van der Waals surface area contributed by atoms with Gasteiger partial charge < -0.3 is 10.6 Å². The number of carbonyl (C=O) groups excluding carboxylic acids is 1. The number of amides is 1. The van der Waals surface area contributed by atoms with Crippen molar-refractivity contribution in [1.82, 2.24) is 9.80 Å². The van der Waals surface area contributed by atoms with Crippen LogP contribution in [0.4, 0.5) is 0 Å². The van der Waals surface area contributed by atoms with E-state index >= 15 is 0 Å². The second-order valence-electron chi connectivity index (χ2n) is 7.65. The molecule has 2 bridgehead atoms. The monoisotopic (exact) mass is 365 g/mol. The molecule has 1 aliphatic heterocycles. The van der Waals surface area contributed by atoms with Crippen LogP contribution in [-0.4, -0.2) is 54.0 Å². The lowest BCUT2D eigenvalue weighted by Gasteiger charge is -2.45. The van der Waals surface area contributed by atoms with Crippen molar-refractivity contribution in [3.05, 3.63) is 0 Å². The highest BCUT2D eigenvalue weighted by atomic mass is 35.5. The van der Waals surface area contributed by atoms with Gasteiger partial charge in [0.05, 0.1) is 0 Å². The first-order chi connectivity index (χ1) is 10.1. The smallest absolute Gasteiger partial charge is 0.225 e. The lowest BCUT2D eigenvalue weighted by atomic mass is 9.65. The van der Waals surface area contributed by atoms with Crippen LogP contribution in [-0.2, 0) is 4.79 Å². The standard InChI is InChI=1S/C17H31N3O.2ClH/c1-12(2)19-6-8-20(9-7-19)17(21)15-10-13-4-3-5-14(11-15)16(13)18;;/h12-16H,3-11,18H2,1-2H3;2*1H. The van der Waals surface area contributed by atoms with Crippen molar-refractivity contribution in [1.29, 1.82) is 0 Å². The zero-order valence-electron chi connectivity index (χ0n) is 14.4. The zero-order valence-corrected chi connectivity index (χ0v) is 16.1. The molecule has 0 aromatic heterocycles. The summed E-state index contributed by atoms with van der Waals surface area (Å²) < 4.78 is 0. The summed E-state index contributed by atoms with van der Waals surface area (Å²) >= 11 is 0. The van der Waals surface area contributed by atoms with Crippen LogP contribution in [0.15, 0.2) is 0 Å². The quantitative estimate of drug-likeness (QED) is 0.817. The molecule has 6 heteroatoms. The second-order valence-corrected chi connectivity index (χ2v) is 7.65. The molecule has 136 valence electrons. The number of hydrogen-bond acceptors (Lipinski definition) is 3. The minimum absolute atomic E-state index is 0. The second kappa shape index (κ2) is 8.89. The molecule has 0 radical (unpaired) electrons. The maximum atomic E-state index is 12.8. The van der Waals surface area contributed by atoms with Gasteiger partial charge in [0.1, 0.15) is 0 Å². The number of halogens is 2. The molecule has 3 aliphatic rings. The van der Waals surface area contributed by atoms with Crippen LogP contribution in [0.5, 0.6) is 0 Å². The predicted molar refractivity (Wildman–Crippen MR) is 99.3 cm³/mol. The van der Waals surface area contributed by atoms with Gasteiger partial charge in [-0.2, -0.15) is 0 Å². The Labute approximate surface area is 153 Å². The van der Waals surface area contributed by atoms with Crippen LogP contribution < -0.4 is 5.73 Å². The highest BCUT2D eigenvalue weighted by Crippen LogP contribution is 2.42. The summed E-state index contributed by atoms with van der Waals surface area (Å²) in [4.78, 5) is 17.4. The minimum atomic E-state index is 0. The fraction of sp³-hybridized carbons (Fsp3) is 0.941. The summed E-state index contributed by atoms with van der Waals surface area (Å²) in [6, 6.07) is 0.954. The fourth-order valence-corrected chi connectivity index (χ4v) is 4.71. The van der Waals surface area contributed by atoms with Crippen molar-refractivity contribution >= 4 is 30.7 Å². The van der Waals surface area contributed by atoms with Crippen molar-refractivity contribution in [2.45, 2.75) is 58.0 Å². The van der Waals surface area contributed by atoms with E-state index in [1.54, 1.807) is 0 Å². The zero-order chi connectivity index (χ0) is 15.0. The van der Waals surface area contributed by atoms with E-state index in [9.17, 15) is 4.79 Å². The van der Waals surface area contributed by atoms with E-state index in [0.29, 0.717) is 29.8 Å². The summed E-state index contributed by atoms with van der Waals surface area (Å²) in [5.74, 6) is 1.87. The number of rotatable bonds is 2. The molecule has 0 aromatic carbocycles. The number of piperazine rings is 1. The Morgan fingerprint density at radius 3 is 2.00 bits per heavy atom. The topological polar surface area (TPSA) is 49.6 Å².